The van der Waals surface area contributed by atoms with Crippen LogP contribution in [0.3, 0.4) is 0 Å². The molecule has 0 unspecified atom stereocenters. The highest BCUT2D eigenvalue weighted by atomic mass is 16.7. The van der Waals surface area contributed by atoms with Crippen LogP contribution in [0.1, 0.15) is 31.1 Å². The first-order valence-electron chi connectivity index (χ1n) is 6.75. The van der Waals surface area contributed by atoms with Gasteiger partial charge in [-0.2, -0.15) is 0 Å². The average molecular weight is 305 g/mol. The number of ether oxygens (including phenoxy) is 1. The van der Waals surface area contributed by atoms with Crippen LogP contribution in [0.2, 0.25) is 0 Å². The molecule has 0 radical (unpaired) electrons. The lowest BCUT2D eigenvalue weighted by Crippen LogP contribution is -2.26. The van der Waals surface area contributed by atoms with Gasteiger partial charge in [0.05, 0.1) is 18.1 Å². The van der Waals surface area contributed by atoms with E-state index < -0.39 is 11.7 Å². The van der Waals surface area contributed by atoms with Gasteiger partial charge in [0.1, 0.15) is 11.9 Å². The molecule has 0 aliphatic heterocycles. The molecule has 0 bridgehead atoms. The number of amides is 1. The largest absolute Gasteiger partial charge is 0.443 e. The number of hydrogen-bond acceptors (Lipinski definition) is 5. The minimum atomic E-state index is -0.592. The molecule has 0 saturated carbocycles. The molecule has 7 nitrogen and oxygen atoms in total. The van der Waals surface area contributed by atoms with Crippen molar-refractivity contribution >= 4 is 23.0 Å². The van der Waals surface area contributed by atoms with E-state index >= 15 is 0 Å². The maximum Gasteiger partial charge on any atom is 0.420 e. The molecule has 0 atom stereocenters. The highest BCUT2D eigenvalue weighted by Gasteiger charge is 2.20. The van der Waals surface area contributed by atoms with Crippen molar-refractivity contribution in [3.8, 4) is 0 Å². The molecule has 2 rings (SSSR count). The topological polar surface area (TPSA) is 73.7 Å². The van der Waals surface area contributed by atoms with Gasteiger partial charge >= 0.3 is 6.09 Å². The Morgan fingerprint density at radius 2 is 1.95 bits per heavy atom. The Kier molecular flexibility index (Phi) is 4.18. The highest BCUT2D eigenvalue weighted by Crippen LogP contribution is 2.18. The second-order valence-corrected chi connectivity index (χ2v) is 5.78. The van der Waals surface area contributed by atoms with E-state index in [9.17, 15) is 9.59 Å². The summed E-state index contributed by atoms with van der Waals surface area (Å²) in [6.45, 7) is 5.38. The zero-order valence-corrected chi connectivity index (χ0v) is 13.3. The number of hydrogen-bond donors (Lipinski definition) is 0. The molecule has 1 aromatic heterocycles. The number of rotatable bonds is 2. The predicted octanol–water partition coefficient (Wildman–Crippen LogP) is 2.45. The van der Waals surface area contributed by atoms with Crippen molar-refractivity contribution in [2.75, 3.05) is 14.2 Å². The number of imidazole rings is 1. The molecule has 1 heterocycles. The number of carbonyl (C=O) groups excluding carboxylic acids is 2. The van der Waals surface area contributed by atoms with Gasteiger partial charge in [0.2, 0.25) is 0 Å². The van der Waals surface area contributed by atoms with E-state index in [1.54, 1.807) is 39.0 Å². The minimum Gasteiger partial charge on any atom is -0.443 e. The summed E-state index contributed by atoms with van der Waals surface area (Å²) in [5.74, 6) is -0.295. The van der Waals surface area contributed by atoms with Crippen LogP contribution in [-0.4, -0.2) is 46.4 Å². The van der Waals surface area contributed by atoms with Gasteiger partial charge in [0.15, 0.2) is 0 Å². The standard InChI is InChI=1S/C15H19N3O4/c1-15(2,3)22-14(20)18-9-16-11-8-10(6-7-12(11)18)13(19)17(4)21-5/h6-9H,1-5H3. The van der Waals surface area contributed by atoms with Crippen molar-refractivity contribution < 1.29 is 19.2 Å². The molecule has 22 heavy (non-hydrogen) atoms. The minimum absolute atomic E-state index is 0.295. The quantitative estimate of drug-likeness (QED) is 0.797. The summed E-state index contributed by atoms with van der Waals surface area (Å²) in [4.78, 5) is 33.1. The van der Waals surface area contributed by atoms with Crippen LogP contribution in [-0.2, 0) is 9.57 Å². The van der Waals surface area contributed by atoms with Gasteiger partial charge in [-0.3, -0.25) is 9.63 Å². The number of benzene rings is 1. The Balaban J connectivity index is 2.35. The first-order chi connectivity index (χ1) is 10.2. The van der Waals surface area contributed by atoms with Crippen LogP contribution < -0.4 is 0 Å². The second kappa shape index (κ2) is 5.76. The van der Waals surface area contributed by atoms with Crippen molar-refractivity contribution in [1.29, 1.82) is 0 Å². The molecular formula is C15H19N3O4. The van der Waals surface area contributed by atoms with Crippen molar-refractivity contribution in [3.63, 3.8) is 0 Å². The summed E-state index contributed by atoms with van der Waals surface area (Å²) in [6, 6.07) is 4.87. The number of carbonyl (C=O) groups is 2. The molecule has 0 spiro atoms. The molecule has 0 fully saturated rings. The Labute approximate surface area is 128 Å². The molecule has 0 aliphatic carbocycles. The van der Waals surface area contributed by atoms with E-state index in [2.05, 4.69) is 4.98 Å². The van der Waals surface area contributed by atoms with Crippen LogP contribution in [0.4, 0.5) is 4.79 Å². The maximum atomic E-state index is 12.1. The van der Waals surface area contributed by atoms with E-state index in [1.807, 2.05) is 0 Å². The van der Waals surface area contributed by atoms with Gasteiger partial charge in [0.25, 0.3) is 5.91 Å². The molecule has 118 valence electrons. The van der Waals surface area contributed by atoms with E-state index in [4.69, 9.17) is 9.57 Å². The number of fused-ring (bicyclic) bond motifs is 1. The van der Waals surface area contributed by atoms with Crippen molar-refractivity contribution in [1.82, 2.24) is 14.6 Å². The third-order valence-electron chi connectivity index (χ3n) is 2.94. The second-order valence-electron chi connectivity index (χ2n) is 5.78. The Morgan fingerprint density at radius 1 is 1.27 bits per heavy atom. The fourth-order valence-electron chi connectivity index (χ4n) is 1.87. The monoisotopic (exact) mass is 305 g/mol. The molecule has 0 saturated heterocycles. The van der Waals surface area contributed by atoms with Crippen molar-refractivity contribution in [2.45, 2.75) is 26.4 Å². The van der Waals surface area contributed by atoms with Crippen molar-refractivity contribution in [3.05, 3.63) is 30.1 Å². The van der Waals surface area contributed by atoms with Crippen LogP contribution in [0, 0.1) is 0 Å². The van der Waals surface area contributed by atoms with Crippen LogP contribution >= 0.6 is 0 Å². The fourth-order valence-corrected chi connectivity index (χ4v) is 1.87. The molecule has 1 aromatic carbocycles. The van der Waals surface area contributed by atoms with Gasteiger partial charge in [-0.25, -0.2) is 19.4 Å². The smallest absolute Gasteiger partial charge is 0.420 e. The van der Waals surface area contributed by atoms with Gasteiger partial charge < -0.3 is 4.74 Å². The number of hydroxylamine groups is 2. The summed E-state index contributed by atoms with van der Waals surface area (Å²) in [5, 5.41) is 1.12. The summed E-state index contributed by atoms with van der Waals surface area (Å²) in [7, 11) is 2.93. The van der Waals surface area contributed by atoms with Crippen LogP contribution in [0.5, 0.6) is 0 Å². The van der Waals surface area contributed by atoms with Crippen LogP contribution in [0.25, 0.3) is 11.0 Å². The molecule has 2 aromatic rings. The summed E-state index contributed by atoms with van der Waals surface area (Å²) in [6.07, 6.45) is 0.871. The van der Waals surface area contributed by atoms with Gasteiger partial charge in [-0.1, -0.05) is 0 Å². The lowest BCUT2D eigenvalue weighted by molar-refractivity contribution is -0.0756. The highest BCUT2D eigenvalue weighted by molar-refractivity contribution is 5.97. The molecule has 1 amide bonds. The molecular weight excluding hydrogens is 286 g/mol. The van der Waals surface area contributed by atoms with E-state index in [-0.39, 0.29) is 5.91 Å². The van der Waals surface area contributed by atoms with E-state index in [1.165, 1.54) is 25.1 Å². The third kappa shape index (κ3) is 3.25. The van der Waals surface area contributed by atoms with Gasteiger partial charge in [0, 0.05) is 12.6 Å². The Morgan fingerprint density at radius 3 is 2.55 bits per heavy atom. The maximum absolute atomic E-state index is 12.1. The molecule has 0 aliphatic rings. The number of aromatic nitrogens is 2. The molecule has 7 heteroatoms. The lowest BCUT2D eigenvalue weighted by Gasteiger charge is -2.19. The van der Waals surface area contributed by atoms with Crippen LogP contribution in [0.15, 0.2) is 24.5 Å². The number of nitrogens with zero attached hydrogens (tertiary/aromatic N) is 3. The normalized spacial score (nSPS) is 11.5. The average Bonchev–Trinajstić information content (AvgIpc) is 2.86. The Hall–Kier alpha value is -2.41. The van der Waals surface area contributed by atoms with Crippen molar-refractivity contribution in [2.24, 2.45) is 0 Å². The zero-order valence-electron chi connectivity index (χ0n) is 13.3. The Bertz CT molecular complexity index is 715. The first kappa shape index (κ1) is 16.0. The predicted molar refractivity (Wildman–Crippen MR) is 80.5 cm³/mol. The van der Waals surface area contributed by atoms with Gasteiger partial charge in [-0.15, -0.1) is 0 Å². The summed E-state index contributed by atoms with van der Waals surface area (Å²) < 4.78 is 6.63. The van der Waals surface area contributed by atoms with Gasteiger partial charge in [-0.05, 0) is 39.0 Å². The SMILES string of the molecule is CON(C)C(=O)c1ccc2c(c1)ncn2C(=O)OC(C)(C)C. The third-order valence-corrected chi connectivity index (χ3v) is 2.94. The summed E-state index contributed by atoms with van der Waals surface area (Å²) in [5.41, 5.74) is 0.934. The lowest BCUT2D eigenvalue weighted by atomic mass is 10.2. The first-order valence-corrected chi connectivity index (χ1v) is 6.75. The molecule has 0 N–H and O–H groups in total. The zero-order chi connectivity index (χ0) is 16.5. The van der Waals surface area contributed by atoms with E-state index in [0.717, 1.165) is 5.06 Å². The fraction of sp³-hybridized carbons (Fsp3) is 0.400. The van der Waals surface area contributed by atoms with E-state index in [0.29, 0.717) is 16.6 Å². The summed E-state index contributed by atoms with van der Waals surface area (Å²) >= 11 is 0.